The van der Waals surface area contributed by atoms with Gasteiger partial charge in [0.2, 0.25) is 5.91 Å². The van der Waals surface area contributed by atoms with Crippen LogP contribution in [0.1, 0.15) is 32.8 Å². The SMILES string of the molecule is Cc1cc(Br)ccc1NC(=O)CN1C(=O)NC(C)(CC(C)C)C1=O. The molecule has 0 spiro atoms. The normalized spacial score (nSPS) is 20.5. The number of nitrogens with zero attached hydrogens (tertiary/aromatic N) is 1. The summed E-state index contributed by atoms with van der Waals surface area (Å²) >= 11 is 3.36. The quantitative estimate of drug-likeness (QED) is 0.751. The van der Waals surface area contributed by atoms with Crippen LogP contribution in [-0.4, -0.2) is 34.8 Å². The van der Waals surface area contributed by atoms with Crippen LogP contribution in [0.25, 0.3) is 0 Å². The molecule has 2 N–H and O–H groups in total. The number of anilines is 1. The van der Waals surface area contributed by atoms with Crippen molar-refractivity contribution in [3.8, 4) is 0 Å². The topological polar surface area (TPSA) is 78.5 Å². The summed E-state index contributed by atoms with van der Waals surface area (Å²) in [6.45, 7) is 7.23. The van der Waals surface area contributed by atoms with Gasteiger partial charge in [-0.25, -0.2) is 4.79 Å². The van der Waals surface area contributed by atoms with E-state index in [1.54, 1.807) is 13.0 Å². The Balaban J connectivity index is 2.06. The van der Waals surface area contributed by atoms with Crippen molar-refractivity contribution in [2.45, 2.75) is 39.7 Å². The number of urea groups is 1. The van der Waals surface area contributed by atoms with Crippen molar-refractivity contribution in [3.05, 3.63) is 28.2 Å². The number of amides is 4. The number of rotatable bonds is 5. The van der Waals surface area contributed by atoms with E-state index in [0.717, 1.165) is 14.9 Å². The van der Waals surface area contributed by atoms with E-state index in [-0.39, 0.29) is 18.4 Å². The molecule has 130 valence electrons. The first-order valence-corrected chi connectivity index (χ1v) is 8.62. The Morgan fingerprint density at radius 2 is 2.04 bits per heavy atom. The Hall–Kier alpha value is -1.89. The summed E-state index contributed by atoms with van der Waals surface area (Å²) in [7, 11) is 0. The van der Waals surface area contributed by atoms with E-state index in [0.29, 0.717) is 12.1 Å². The van der Waals surface area contributed by atoms with Gasteiger partial charge in [0.15, 0.2) is 0 Å². The Labute approximate surface area is 150 Å². The van der Waals surface area contributed by atoms with Crippen LogP contribution in [0.5, 0.6) is 0 Å². The fraction of sp³-hybridized carbons (Fsp3) is 0.471. The van der Waals surface area contributed by atoms with Gasteiger partial charge in [-0.2, -0.15) is 0 Å². The number of halogens is 1. The summed E-state index contributed by atoms with van der Waals surface area (Å²) in [6, 6.07) is 4.94. The zero-order chi connectivity index (χ0) is 18.1. The summed E-state index contributed by atoms with van der Waals surface area (Å²) in [6.07, 6.45) is 0.529. The third-order valence-corrected chi connectivity index (χ3v) is 4.42. The second kappa shape index (κ2) is 6.93. The highest BCUT2D eigenvalue weighted by molar-refractivity contribution is 9.10. The number of nitrogens with one attached hydrogen (secondary N) is 2. The number of imide groups is 1. The Morgan fingerprint density at radius 1 is 1.38 bits per heavy atom. The molecule has 6 nitrogen and oxygen atoms in total. The number of hydrogen-bond donors (Lipinski definition) is 2. The van der Waals surface area contributed by atoms with Crippen LogP contribution in [0.4, 0.5) is 10.5 Å². The maximum absolute atomic E-state index is 12.5. The molecule has 4 amide bonds. The highest BCUT2D eigenvalue weighted by atomic mass is 79.9. The molecule has 1 fully saturated rings. The molecule has 1 saturated heterocycles. The number of benzene rings is 1. The fourth-order valence-electron chi connectivity index (χ4n) is 2.95. The van der Waals surface area contributed by atoms with Gasteiger partial charge in [0, 0.05) is 10.2 Å². The van der Waals surface area contributed by atoms with Gasteiger partial charge in [0.25, 0.3) is 5.91 Å². The summed E-state index contributed by atoms with van der Waals surface area (Å²) in [4.78, 5) is 37.8. The van der Waals surface area contributed by atoms with E-state index in [1.165, 1.54) is 0 Å². The number of carbonyl (C=O) groups is 3. The lowest BCUT2D eigenvalue weighted by Gasteiger charge is -2.23. The van der Waals surface area contributed by atoms with Gasteiger partial charge in [-0.1, -0.05) is 29.8 Å². The molecule has 0 aromatic heterocycles. The molecule has 1 aliphatic heterocycles. The molecular weight excluding hydrogens is 374 g/mol. The Morgan fingerprint density at radius 3 is 2.62 bits per heavy atom. The van der Waals surface area contributed by atoms with Gasteiger partial charge in [-0.3, -0.25) is 14.5 Å². The Kier molecular flexibility index (Phi) is 5.32. The summed E-state index contributed by atoms with van der Waals surface area (Å²) in [5.41, 5.74) is 0.596. The average molecular weight is 396 g/mol. The standard InChI is InChI=1S/C17H22BrN3O3/c1-10(2)8-17(4)15(23)21(16(24)20-17)9-14(22)19-13-6-5-12(18)7-11(13)3/h5-7,10H,8-9H2,1-4H3,(H,19,22)(H,20,24). The van der Waals surface area contributed by atoms with Crippen LogP contribution in [0.3, 0.4) is 0 Å². The van der Waals surface area contributed by atoms with Crippen molar-refractivity contribution < 1.29 is 14.4 Å². The van der Waals surface area contributed by atoms with E-state index < -0.39 is 17.5 Å². The number of carbonyl (C=O) groups excluding carboxylic acids is 3. The van der Waals surface area contributed by atoms with Crippen LogP contribution in [-0.2, 0) is 9.59 Å². The van der Waals surface area contributed by atoms with E-state index in [4.69, 9.17) is 0 Å². The van der Waals surface area contributed by atoms with Gasteiger partial charge >= 0.3 is 6.03 Å². The Bertz CT molecular complexity index is 690. The minimum Gasteiger partial charge on any atom is -0.324 e. The number of hydrogen-bond acceptors (Lipinski definition) is 3. The molecule has 7 heteroatoms. The molecule has 2 rings (SSSR count). The first-order chi connectivity index (χ1) is 11.1. The van der Waals surface area contributed by atoms with E-state index in [2.05, 4.69) is 26.6 Å². The summed E-state index contributed by atoms with van der Waals surface area (Å²) in [5, 5.41) is 5.44. The largest absolute Gasteiger partial charge is 0.325 e. The highest BCUT2D eigenvalue weighted by Gasteiger charge is 2.48. The van der Waals surface area contributed by atoms with E-state index in [9.17, 15) is 14.4 Å². The summed E-state index contributed by atoms with van der Waals surface area (Å²) < 4.78 is 0.913. The van der Waals surface area contributed by atoms with Gasteiger partial charge in [-0.05, 0) is 49.9 Å². The zero-order valence-electron chi connectivity index (χ0n) is 14.3. The smallest absolute Gasteiger partial charge is 0.324 e. The lowest BCUT2D eigenvalue weighted by molar-refractivity contribution is -0.133. The van der Waals surface area contributed by atoms with Crippen LogP contribution >= 0.6 is 15.9 Å². The first-order valence-electron chi connectivity index (χ1n) is 7.82. The molecule has 1 aromatic rings. The maximum Gasteiger partial charge on any atom is 0.325 e. The summed E-state index contributed by atoms with van der Waals surface area (Å²) in [5.74, 6) is -0.514. The van der Waals surface area contributed by atoms with Crippen LogP contribution < -0.4 is 10.6 Å². The lowest BCUT2D eigenvalue weighted by atomic mass is 9.91. The lowest BCUT2D eigenvalue weighted by Crippen LogP contribution is -2.45. The minimum absolute atomic E-state index is 0.249. The van der Waals surface area contributed by atoms with Gasteiger partial charge in [0.1, 0.15) is 12.1 Å². The van der Waals surface area contributed by atoms with E-state index >= 15 is 0 Å². The molecule has 0 saturated carbocycles. The highest BCUT2D eigenvalue weighted by Crippen LogP contribution is 2.25. The van der Waals surface area contributed by atoms with Crippen molar-refractivity contribution in [1.82, 2.24) is 10.2 Å². The average Bonchev–Trinajstić information content (AvgIpc) is 2.64. The second-order valence-corrected chi connectivity index (χ2v) is 7.67. The molecule has 1 aliphatic rings. The van der Waals surface area contributed by atoms with Crippen molar-refractivity contribution in [3.63, 3.8) is 0 Å². The van der Waals surface area contributed by atoms with Gasteiger partial charge < -0.3 is 10.6 Å². The molecule has 1 aromatic carbocycles. The van der Waals surface area contributed by atoms with Crippen LogP contribution in [0, 0.1) is 12.8 Å². The molecule has 1 atom stereocenters. The molecule has 1 unspecified atom stereocenters. The predicted molar refractivity (Wildman–Crippen MR) is 95.6 cm³/mol. The molecule has 24 heavy (non-hydrogen) atoms. The van der Waals surface area contributed by atoms with Crippen molar-refractivity contribution in [2.24, 2.45) is 5.92 Å². The number of aryl methyl sites for hydroxylation is 1. The zero-order valence-corrected chi connectivity index (χ0v) is 15.9. The first kappa shape index (κ1) is 18.4. The van der Waals surface area contributed by atoms with Crippen molar-refractivity contribution in [1.29, 1.82) is 0 Å². The third-order valence-electron chi connectivity index (χ3n) is 3.93. The predicted octanol–water partition coefficient (Wildman–Crippen LogP) is 3.05. The maximum atomic E-state index is 12.5. The molecule has 0 bridgehead atoms. The van der Waals surface area contributed by atoms with Crippen molar-refractivity contribution in [2.75, 3.05) is 11.9 Å². The molecule has 1 heterocycles. The second-order valence-electron chi connectivity index (χ2n) is 6.76. The van der Waals surface area contributed by atoms with Crippen LogP contribution in [0.2, 0.25) is 0 Å². The van der Waals surface area contributed by atoms with E-state index in [1.807, 2.05) is 32.9 Å². The van der Waals surface area contributed by atoms with Crippen LogP contribution in [0.15, 0.2) is 22.7 Å². The fourth-order valence-corrected chi connectivity index (χ4v) is 3.42. The molecule has 0 radical (unpaired) electrons. The molecular formula is C17H22BrN3O3. The van der Waals surface area contributed by atoms with Gasteiger partial charge in [-0.15, -0.1) is 0 Å². The van der Waals surface area contributed by atoms with Crippen molar-refractivity contribution >= 4 is 39.5 Å². The monoisotopic (exact) mass is 395 g/mol. The minimum atomic E-state index is -0.945. The van der Waals surface area contributed by atoms with Gasteiger partial charge in [0.05, 0.1) is 0 Å². The third kappa shape index (κ3) is 3.95. The molecule has 0 aliphatic carbocycles.